The summed E-state index contributed by atoms with van der Waals surface area (Å²) in [6, 6.07) is 12.1. The summed E-state index contributed by atoms with van der Waals surface area (Å²) in [5, 5.41) is 0. The van der Waals surface area contributed by atoms with Crippen molar-refractivity contribution < 1.29 is 0 Å². The van der Waals surface area contributed by atoms with E-state index >= 15 is 0 Å². The highest BCUT2D eigenvalue weighted by Gasteiger charge is 2.12. The fourth-order valence-electron chi connectivity index (χ4n) is 2.18. The molecule has 0 radical (unpaired) electrons. The van der Waals surface area contributed by atoms with Crippen LogP contribution in [0.3, 0.4) is 0 Å². The van der Waals surface area contributed by atoms with Gasteiger partial charge >= 0.3 is 0 Å². The Morgan fingerprint density at radius 1 is 1.30 bits per heavy atom. The second kappa shape index (κ2) is 6.48. The first-order valence-corrected chi connectivity index (χ1v) is 7.08. The zero-order valence-corrected chi connectivity index (χ0v) is 12.7. The number of hydrogen-bond donors (Lipinski definition) is 1. The first-order valence-electron chi connectivity index (χ1n) is 6.67. The molecular formula is C16H19N3S. The van der Waals surface area contributed by atoms with E-state index in [1.165, 1.54) is 0 Å². The van der Waals surface area contributed by atoms with Crippen LogP contribution in [0.4, 0.5) is 5.69 Å². The lowest BCUT2D eigenvalue weighted by Crippen LogP contribution is -2.26. The molecule has 0 unspecified atom stereocenters. The average molecular weight is 285 g/mol. The molecule has 2 rings (SSSR count). The normalized spacial score (nSPS) is 10.3. The minimum Gasteiger partial charge on any atom is -0.389 e. The van der Waals surface area contributed by atoms with Crippen molar-refractivity contribution in [2.75, 3.05) is 11.4 Å². The van der Waals surface area contributed by atoms with Gasteiger partial charge in [0.2, 0.25) is 0 Å². The van der Waals surface area contributed by atoms with Crippen LogP contribution in [0.2, 0.25) is 0 Å². The lowest BCUT2D eigenvalue weighted by Gasteiger charge is -2.25. The maximum Gasteiger partial charge on any atom is 0.106 e. The van der Waals surface area contributed by atoms with Crippen molar-refractivity contribution in [3.05, 3.63) is 59.4 Å². The lowest BCUT2D eigenvalue weighted by atomic mass is 10.1. The Morgan fingerprint density at radius 2 is 2.10 bits per heavy atom. The van der Waals surface area contributed by atoms with Crippen molar-refractivity contribution in [2.24, 2.45) is 5.73 Å². The fourth-order valence-corrected chi connectivity index (χ4v) is 2.34. The van der Waals surface area contributed by atoms with Gasteiger partial charge in [-0.1, -0.05) is 29.9 Å². The second-order valence-corrected chi connectivity index (χ2v) is 5.16. The molecule has 0 atom stereocenters. The molecule has 20 heavy (non-hydrogen) atoms. The first kappa shape index (κ1) is 14.5. The molecule has 3 nitrogen and oxygen atoms in total. The van der Waals surface area contributed by atoms with Crippen LogP contribution < -0.4 is 10.6 Å². The molecule has 0 aliphatic heterocycles. The van der Waals surface area contributed by atoms with Gasteiger partial charge in [-0.25, -0.2) is 0 Å². The molecule has 4 heteroatoms. The van der Waals surface area contributed by atoms with E-state index in [9.17, 15) is 0 Å². The summed E-state index contributed by atoms with van der Waals surface area (Å²) in [4.78, 5) is 7.04. The topological polar surface area (TPSA) is 42.2 Å². The number of thiocarbonyl (C=S) groups is 1. The Morgan fingerprint density at radius 3 is 2.70 bits per heavy atom. The van der Waals surface area contributed by atoms with Gasteiger partial charge in [-0.3, -0.25) is 4.98 Å². The van der Waals surface area contributed by atoms with Crippen LogP contribution in [0.25, 0.3) is 0 Å². The van der Waals surface area contributed by atoms with Gasteiger partial charge in [-0.2, -0.15) is 0 Å². The quantitative estimate of drug-likeness (QED) is 0.857. The standard InChI is InChI=1S/C16H19N3S/c1-3-19(11-13-6-4-5-9-18-13)15-8-7-12(2)10-14(15)16(17)20/h4-10H,3,11H2,1-2H3,(H2,17,20). The SMILES string of the molecule is CCN(Cc1ccccn1)c1ccc(C)cc1C(N)=S. The van der Waals surface area contributed by atoms with Crippen LogP contribution in [0, 0.1) is 6.92 Å². The predicted molar refractivity (Wildman–Crippen MR) is 88.0 cm³/mol. The van der Waals surface area contributed by atoms with Gasteiger partial charge in [-0.15, -0.1) is 0 Å². The van der Waals surface area contributed by atoms with Crippen LogP contribution in [0.5, 0.6) is 0 Å². The predicted octanol–water partition coefficient (Wildman–Crippen LogP) is 3.05. The molecule has 1 aromatic heterocycles. The Kier molecular flexibility index (Phi) is 4.69. The number of hydrogen-bond acceptors (Lipinski definition) is 3. The fraction of sp³-hybridized carbons (Fsp3) is 0.250. The summed E-state index contributed by atoms with van der Waals surface area (Å²) in [5.74, 6) is 0. The maximum absolute atomic E-state index is 5.86. The number of benzene rings is 1. The zero-order valence-electron chi connectivity index (χ0n) is 11.8. The Hall–Kier alpha value is -1.94. The summed E-state index contributed by atoms with van der Waals surface area (Å²) in [5.41, 5.74) is 10.0. The van der Waals surface area contributed by atoms with E-state index in [0.29, 0.717) is 4.99 Å². The molecule has 0 saturated heterocycles. The molecule has 2 aromatic rings. The lowest BCUT2D eigenvalue weighted by molar-refractivity contribution is 0.809. The van der Waals surface area contributed by atoms with Gasteiger partial charge < -0.3 is 10.6 Å². The van der Waals surface area contributed by atoms with E-state index in [2.05, 4.69) is 28.9 Å². The number of pyridine rings is 1. The van der Waals surface area contributed by atoms with Crippen molar-refractivity contribution in [2.45, 2.75) is 20.4 Å². The molecule has 0 fully saturated rings. The summed E-state index contributed by atoms with van der Waals surface area (Å²) in [6.45, 7) is 5.78. The Balaban J connectivity index is 2.34. The number of aromatic nitrogens is 1. The minimum absolute atomic E-state index is 0.433. The number of nitrogens with zero attached hydrogens (tertiary/aromatic N) is 2. The van der Waals surface area contributed by atoms with E-state index < -0.39 is 0 Å². The number of rotatable bonds is 5. The van der Waals surface area contributed by atoms with Gasteiger partial charge in [-0.05, 0) is 38.1 Å². The number of anilines is 1. The first-order chi connectivity index (χ1) is 9.61. The summed E-state index contributed by atoms with van der Waals surface area (Å²) >= 11 is 5.18. The van der Waals surface area contributed by atoms with Gasteiger partial charge in [0.25, 0.3) is 0 Å². The van der Waals surface area contributed by atoms with Crippen molar-refractivity contribution in [1.29, 1.82) is 0 Å². The van der Waals surface area contributed by atoms with E-state index in [0.717, 1.165) is 35.6 Å². The van der Waals surface area contributed by atoms with Crippen molar-refractivity contribution >= 4 is 22.9 Å². The van der Waals surface area contributed by atoms with Crippen molar-refractivity contribution in [1.82, 2.24) is 4.98 Å². The number of nitrogens with two attached hydrogens (primary N) is 1. The molecule has 2 N–H and O–H groups in total. The van der Waals surface area contributed by atoms with Crippen LogP contribution in [0.1, 0.15) is 23.7 Å². The molecular weight excluding hydrogens is 266 g/mol. The maximum atomic E-state index is 5.86. The molecule has 0 saturated carbocycles. The minimum atomic E-state index is 0.433. The zero-order chi connectivity index (χ0) is 14.5. The Labute approximate surface area is 125 Å². The third kappa shape index (κ3) is 3.33. The van der Waals surface area contributed by atoms with Crippen molar-refractivity contribution in [3.63, 3.8) is 0 Å². The molecule has 104 valence electrons. The van der Waals surface area contributed by atoms with Crippen LogP contribution >= 0.6 is 12.2 Å². The molecule has 1 heterocycles. The molecule has 0 amide bonds. The van der Waals surface area contributed by atoms with E-state index in [1.807, 2.05) is 37.4 Å². The Bertz CT molecular complexity index is 596. The highest BCUT2D eigenvalue weighted by molar-refractivity contribution is 7.80. The monoisotopic (exact) mass is 285 g/mol. The third-order valence-electron chi connectivity index (χ3n) is 3.22. The largest absolute Gasteiger partial charge is 0.389 e. The average Bonchev–Trinajstić information content (AvgIpc) is 2.46. The molecule has 0 aliphatic carbocycles. The van der Waals surface area contributed by atoms with Crippen molar-refractivity contribution in [3.8, 4) is 0 Å². The summed E-state index contributed by atoms with van der Waals surface area (Å²) < 4.78 is 0. The van der Waals surface area contributed by atoms with Gasteiger partial charge in [0.05, 0.1) is 12.2 Å². The summed E-state index contributed by atoms with van der Waals surface area (Å²) in [7, 11) is 0. The molecule has 1 aromatic carbocycles. The highest BCUT2D eigenvalue weighted by atomic mass is 32.1. The second-order valence-electron chi connectivity index (χ2n) is 4.72. The van der Waals surface area contributed by atoms with Gasteiger partial charge in [0.15, 0.2) is 0 Å². The van der Waals surface area contributed by atoms with E-state index in [-0.39, 0.29) is 0 Å². The molecule has 0 bridgehead atoms. The van der Waals surface area contributed by atoms with Gasteiger partial charge in [0, 0.05) is 24.0 Å². The molecule has 0 aliphatic rings. The number of aryl methyl sites for hydroxylation is 1. The van der Waals surface area contributed by atoms with Crippen LogP contribution in [-0.2, 0) is 6.54 Å². The van der Waals surface area contributed by atoms with Gasteiger partial charge in [0.1, 0.15) is 4.99 Å². The van der Waals surface area contributed by atoms with E-state index in [1.54, 1.807) is 0 Å². The third-order valence-corrected chi connectivity index (χ3v) is 3.44. The molecule has 0 spiro atoms. The van der Waals surface area contributed by atoms with Crippen LogP contribution in [0.15, 0.2) is 42.6 Å². The smallest absolute Gasteiger partial charge is 0.106 e. The highest BCUT2D eigenvalue weighted by Crippen LogP contribution is 2.23. The van der Waals surface area contributed by atoms with E-state index in [4.69, 9.17) is 18.0 Å². The van der Waals surface area contributed by atoms with Crippen LogP contribution in [-0.4, -0.2) is 16.5 Å². The summed E-state index contributed by atoms with van der Waals surface area (Å²) in [6.07, 6.45) is 1.81.